The monoisotopic (exact) mass is 234 g/mol. The summed E-state index contributed by atoms with van der Waals surface area (Å²) < 4.78 is 0. The highest BCUT2D eigenvalue weighted by Crippen LogP contribution is 2.25. The molecule has 0 spiro atoms. The largest absolute Gasteiger partial charge is 0.356 e. The van der Waals surface area contributed by atoms with E-state index in [0.717, 1.165) is 43.5 Å². The van der Waals surface area contributed by atoms with Gasteiger partial charge in [-0.2, -0.15) is 0 Å². The summed E-state index contributed by atoms with van der Waals surface area (Å²) in [4.78, 5) is 11.0. The Labute approximate surface area is 103 Å². The molecule has 0 radical (unpaired) electrons. The number of aryl methyl sites for hydroxylation is 1. The van der Waals surface area contributed by atoms with Gasteiger partial charge in [-0.15, -0.1) is 0 Å². The first-order valence-electron chi connectivity index (χ1n) is 6.50. The maximum atomic E-state index is 5.83. The normalized spacial score (nSPS) is 25.0. The number of nitrogens with zero attached hydrogens (tertiary/aromatic N) is 3. The van der Waals surface area contributed by atoms with E-state index in [1.54, 1.807) is 6.33 Å². The molecule has 0 bridgehead atoms. The van der Waals surface area contributed by atoms with E-state index in [4.69, 9.17) is 5.73 Å². The minimum absolute atomic E-state index is 0.587. The molecular weight excluding hydrogens is 212 g/mol. The van der Waals surface area contributed by atoms with E-state index in [-0.39, 0.29) is 0 Å². The molecule has 17 heavy (non-hydrogen) atoms. The van der Waals surface area contributed by atoms with Crippen LogP contribution in [0.4, 0.5) is 5.82 Å². The average Bonchev–Trinajstić information content (AvgIpc) is 2.39. The zero-order valence-corrected chi connectivity index (χ0v) is 10.8. The van der Waals surface area contributed by atoms with Crippen LogP contribution in [0.15, 0.2) is 12.4 Å². The number of aromatic nitrogens is 2. The zero-order chi connectivity index (χ0) is 12.3. The fourth-order valence-corrected chi connectivity index (χ4v) is 2.42. The Kier molecular flexibility index (Phi) is 3.94. The summed E-state index contributed by atoms with van der Waals surface area (Å²) in [6.07, 6.45) is 3.83. The predicted octanol–water partition coefficient (Wildman–Crippen LogP) is 1.46. The van der Waals surface area contributed by atoms with Crippen molar-refractivity contribution in [3.8, 4) is 0 Å². The molecule has 1 aromatic rings. The van der Waals surface area contributed by atoms with Crippen LogP contribution in [0.1, 0.15) is 26.0 Å². The van der Waals surface area contributed by atoms with E-state index in [1.807, 2.05) is 0 Å². The summed E-state index contributed by atoms with van der Waals surface area (Å²) in [5.41, 5.74) is 6.94. The number of rotatable bonds is 3. The molecule has 1 aromatic heterocycles. The van der Waals surface area contributed by atoms with Gasteiger partial charge in [-0.3, -0.25) is 0 Å². The standard InChI is InChI=1S/C13H22N4/c1-3-12-6-13(16-9-15-12)17-5-4-10(2)11(7-14)8-17/h6,9-11H,3-5,7-8,14H2,1-2H3. The van der Waals surface area contributed by atoms with Gasteiger partial charge in [0.1, 0.15) is 12.1 Å². The van der Waals surface area contributed by atoms with Gasteiger partial charge in [0.15, 0.2) is 0 Å². The molecule has 2 unspecified atom stereocenters. The smallest absolute Gasteiger partial charge is 0.132 e. The van der Waals surface area contributed by atoms with Gasteiger partial charge in [-0.25, -0.2) is 9.97 Å². The van der Waals surface area contributed by atoms with Crippen molar-refractivity contribution < 1.29 is 0 Å². The molecule has 0 aromatic carbocycles. The fourth-order valence-electron chi connectivity index (χ4n) is 2.42. The van der Waals surface area contributed by atoms with Gasteiger partial charge in [-0.05, 0) is 31.2 Å². The highest BCUT2D eigenvalue weighted by atomic mass is 15.2. The molecule has 2 atom stereocenters. The second kappa shape index (κ2) is 5.45. The maximum absolute atomic E-state index is 5.83. The molecule has 2 N–H and O–H groups in total. The number of anilines is 1. The molecule has 1 fully saturated rings. The topological polar surface area (TPSA) is 55.0 Å². The first kappa shape index (κ1) is 12.3. The van der Waals surface area contributed by atoms with Crippen LogP contribution in [-0.4, -0.2) is 29.6 Å². The Morgan fingerprint density at radius 1 is 1.47 bits per heavy atom. The van der Waals surface area contributed by atoms with Gasteiger partial charge in [0.2, 0.25) is 0 Å². The number of hydrogen-bond acceptors (Lipinski definition) is 4. The lowest BCUT2D eigenvalue weighted by Gasteiger charge is -2.37. The Morgan fingerprint density at radius 3 is 3.00 bits per heavy atom. The van der Waals surface area contributed by atoms with Crippen molar-refractivity contribution in [2.45, 2.75) is 26.7 Å². The lowest BCUT2D eigenvalue weighted by atomic mass is 9.87. The Morgan fingerprint density at radius 2 is 2.29 bits per heavy atom. The van der Waals surface area contributed by atoms with Crippen molar-refractivity contribution in [3.05, 3.63) is 18.1 Å². The molecule has 0 amide bonds. The Bertz CT molecular complexity index is 366. The molecule has 1 aliphatic rings. The summed E-state index contributed by atoms with van der Waals surface area (Å²) in [5, 5.41) is 0. The van der Waals surface area contributed by atoms with Crippen LogP contribution < -0.4 is 10.6 Å². The SMILES string of the molecule is CCc1cc(N2CCC(C)C(CN)C2)ncn1. The zero-order valence-electron chi connectivity index (χ0n) is 10.8. The third-order valence-electron chi connectivity index (χ3n) is 3.81. The molecule has 1 saturated heterocycles. The van der Waals surface area contributed by atoms with E-state index in [0.29, 0.717) is 5.92 Å². The summed E-state index contributed by atoms with van der Waals surface area (Å²) in [5.74, 6) is 2.37. The van der Waals surface area contributed by atoms with E-state index in [9.17, 15) is 0 Å². The van der Waals surface area contributed by atoms with Crippen LogP contribution in [0.25, 0.3) is 0 Å². The lowest BCUT2D eigenvalue weighted by molar-refractivity contribution is 0.307. The van der Waals surface area contributed by atoms with Crippen molar-refractivity contribution in [1.29, 1.82) is 0 Å². The average molecular weight is 234 g/mol. The van der Waals surface area contributed by atoms with Crippen LogP contribution in [0.3, 0.4) is 0 Å². The van der Waals surface area contributed by atoms with Gasteiger partial charge in [0.05, 0.1) is 0 Å². The van der Waals surface area contributed by atoms with Crippen LogP contribution in [0, 0.1) is 11.8 Å². The predicted molar refractivity (Wildman–Crippen MR) is 69.9 cm³/mol. The Balaban J connectivity index is 2.11. The molecule has 1 aliphatic heterocycles. The molecule has 4 heteroatoms. The van der Waals surface area contributed by atoms with Crippen LogP contribution >= 0.6 is 0 Å². The summed E-state index contributed by atoms with van der Waals surface area (Å²) in [6.45, 7) is 7.29. The highest BCUT2D eigenvalue weighted by Gasteiger charge is 2.25. The second-order valence-electron chi connectivity index (χ2n) is 4.93. The summed E-state index contributed by atoms with van der Waals surface area (Å²) in [6, 6.07) is 2.10. The van der Waals surface area contributed by atoms with Gasteiger partial charge >= 0.3 is 0 Å². The maximum Gasteiger partial charge on any atom is 0.132 e. The molecular formula is C13H22N4. The molecule has 2 rings (SSSR count). The second-order valence-corrected chi connectivity index (χ2v) is 4.93. The van der Waals surface area contributed by atoms with Crippen LogP contribution in [-0.2, 0) is 6.42 Å². The molecule has 0 saturated carbocycles. The number of nitrogens with two attached hydrogens (primary N) is 1. The van der Waals surface area contributed by atoms with Crippen molar-refractivity contribution >= 4 is 5.82 Å². The van der Waals surface area contributed by atoms with Crippen molar-refractivity contribution in [3.63, 3.8) is 0 Å². The van der Waals surface area contributed by atoms with Crippen LogP contribution in [0.2, 0.25) is 0 Å². The van der Waals surface area contributed by atoms with Crippen LogP contribution in [0.5, 0.6) is 0 Å². The third kappa shape index (κ3) is 2.75. The fraction of sp³-hybridized carbons (Fsp3) is 0.692. The minimum atomic E-state index is 0.587. The minimum Gasteiger partial charge on any atom is -0.356 e. The van der Waals surface area contributed by atoms with Gasteiger partial charge in [0.25, 0.3) is 0 Å². The first-order valence-corrected chi connectivity index (χ1v) is 6.50. The quantitative estimate of drug-likeness (QED) is 0.860. The van der Waals surface area contributed by atoms with E-state index >= 15 is 0 Å². The third-order valence-corrected chi connectivity index (χ3v) is 3.81. The van der Waals surface area contributed by atoms with E-state index in [2.05, 4.69) is 34.8 Å². The number of piperidine rings is 1. The highest BCUT2D eigenvalue weighted by molar-refractivity contribution is 5.39. The summed E-state index contributed by atoms with van der Waals surface area (Å²) in [7, 11) is 0. The van der Waals surface area contributed by atoms with Gasteiger partial charge < -0.3 is 10.6 Å². The Hall–Kier alpha value is -1.16. The van der Waals surface area contributed by atoms with Crippen molar-refractivity contribution in [2.24, 2.45) is 17.6 Å². The lowest BCUT2D eigenvalue weighted by Crippen LogP contribution is -2.43. The molecule has 4 nitrogen and oxygen atoms in total. The first-order chi connectivity index (χ1) is 8.24. The van der Waals surface area contributed by atoms with Crippen molar-refractivity contribution in [2.75, 3.05) is 24.5 Å². The summed E-state index contributed by atoms with van der Waals surface area (Å²) >= 11 is 0. The molecule has 2 heterocycles. The molecule has 94 valence electrons. The van der Waals surface area contributed by atoms with Crippen molar-refractivity contribution in [1.82, 2.24) is 9.97 Å². The van der Waals surface area contributed by atoms with E-state index in [1.165, 1.54) is 6.42 Å². The van der Waals surface area contributed by atoms with Gasteiger partial charge in [-0.1, -0.05) is 13.8 Å². The van der Waals surface area contributed by atoms with E-state index < -0.39 is 0 Å². The van der Waals surface area contributed by atoms with Gasteiger partial charge in [0, 0.05) is 24.8 Å². The number of hydrogen-bond donors (Lipinski definition) is 1. The molecule has 0 aliphatic carbocycles.